The van der Waals surface area contributed by atoms with Gasteiger partial charge in [0, 0.05) is 6.54 Å². The fraction of sp³-hybridized carbons (Fsp3) is 0.818. The summed E-state index contributed by atoms with van der Waals surface area (Å²) in [5.41, 5.74) is 0. The normalized spacial score (nSPS) is 11.3. The van der Waals surface area contributed by atoms with E-state index in [0.29, 0.717) is 6.54 Å². The quantitative estimate of drug-likeness (QED) is 0.739. The van der Waals surface area contributed by atoms with Crippen molar-refractivity contribution in [3.63, 3.8) is 0 Å². The number of aliphatic carboxylic acids is 1. The summed E-state index contributed by atoms with van der Waals surface area (Å²) in [7, 11) is 0. The number of hydrogen-bond acceptors (Lipinski definition) is 2. The highest BCUT2D eigenvalue weighted by atomic mass is 16.4. The van der Waals surface area contributed by atoms with Gasteiger partial charge in [-0.2, -0.15) is 0 Å². The molecule has 0 rings (SSSR count). The predicted molar refractivity (Wildman–Crippen MR) is 60.6 cm³/mol. The number of carbonyl (C=O) groups excluding carboxylic acids is 1. The molecule has 0 aromatic rings. The smallest absolute Gasteiger partial charge is 0.304 e. The zero-order chi connectivity index (χ0) is 12.4. The van der Waals surface area contributed by atoms with E-state index in [1.165, 1.54) is 0 Å². The van der Waals surface area contributed by atoms with Crippen molar-refractivity contribution in [3.05, 3.63) is 0 Å². The lowest BCUT2D eigenvalue weighted by molar-refractivity contribution is -0.142. The Bertz CT molecular complexity index is 190. The molecule has 15 heavy (non-hydrogen) atoms. The van der Waals surface area contributed by atoms with E-state index in [9.17, 15) is 9.59 Å². The topological polar surface area (TPSA) is 66.4 Å². The highest BCUT2D eigenvalue weighted by molar-refractivity contribution is 5.83. The number of carbonyl (C=O) groups is 2. The van der Waals surface area contributed by atoms with Crippen LogP contribution in [0.2, 0.25) is 0 Å². The van der Waals surface area contributed by atoms with Crippen molar-refractivity contribution >= 4 is 11.9 Å². The van der Waals surface area contributed by atoms with Crippen molar-refractivity contribution in [2.75, 3.05) is 6.54 Å². The van der Waals surface area contributed by atoms with E-state index < -0.39 is 11.9 Å². The maximum absolute atomic E-state index is 11.3. The molecule has 0 aromatic heterocycles. The Hall–Kier alpha value is -1.06. The summed E-state index contributed by atoms with van der Waals surface area (Å²) in [5.74, 6) is -1.45. The van der Waals surface area contributed by atoms with Gasteiger partial charge in [-0.3, -0.25) is 9.59 Å². The Balaban J connectivity index is 0. The van der Waals surface area contributed by atoms with Crippen LogP contribution in [0.25, 0.3) is 0 Å². The number of hydrogen-bond donors (Lipinski definition) is 2. The van der Waals surface area contributed by atoms with E-state index in [1.807, 2.05) is 34.6 Å². The van der Waals surface area contributed by atoms with Crippen LogP contribution in [0.3, 0.4) is 0 Å². The van der Waals surface area contributed by atoms with Gasteiger partial charge in [0.1, 0.15) is 0 Å². The molecule has 0 aliphatic heterocycles. The summed E-state index contributed by atoms with van der Waals surface area (Å²) >= 11 is 0. The van der Waals surface area contributed by atoms with Gasteiger partial charge in [-0.1, -0.05) is 27.7 Å². The Labute approximate surface area is 92.1 Å². The van der Waals surface area contributed by atoms with Gasteiger partial charge >= 0.3 is 5.97 Å². The fourth-order valence-corrected chi connectivity index (χ4v) is 1.12. The van der Waals surface area contributed by atoms with Crippen molar-refractivity contribution in [2.24, 2.45) is 11.8 Å². The molecular weight excluding hydrogens is 194 g/mol. The molecule has 0 saturated carbocycles. The van der Waals surface area contributed by atoms with Crippen molar-refractivity contribution in [1.82, 2.24) is 5.32 Å². The molecule has 0 fully saturated rings. The molecule has 0 spiro atoms. The Morgan fingerprint density at radius 2 is 1.73 bits per heavy atom. The molecule has 0 aromatic carbocycles. The maximum atomic E-state index is 11.3. The molecule has 0 saturated heterocycles. The van der Waals surface area contributed by atoms with E-state index in [2.05, 4.69) is 5.32 Å². The molecular formula is C11H23NO3. The molecule has 1 atom stereocenters. The summed E-state index contributed by atoms with van der Waals surface area (Å²) in [4.78, 5) is 21.8. The third-order valence-corrected chi connectivity index (χ3v) is 1.89. The van der Waals surface area contributed by atoms with Crippen molar-refractivity contribution < 1.29 is 14.7 Å². The average Bonchev–Trinajstić information content (AvgIpc) is 2.17. The fourth-order valence-electron chi connectivity index (χ4n) is 1.12. The molecule has 90 valence electrons. The van der Waals surface area contributed by atoms with Gasteiger partial charge in [0.15, 0.2) is 0 Å². The van der Waals surface area contributed by atoms with Crippen LogP contribution in [0.15, 0.2) is 0 Å². The van der Waals surface area contributed by atoms with Crippen LogP contribution in [-0.2, 0) is 9.59 Å². The minimum atomic E-state index is -0.926. The standard InChI is InChI=1S/C9H17NO3.C2H6/c1-4-10-9(13)7(6(2)3)5-8(11)12;1-2/h6-7H,4-5H2,1-3H3,(H,10,13)(H,11,12);1-2H3. The number of carboxylic acids is 1. The monoisotopic (exact) mass is 217 g/mol. The van der Waals surface area contributed by atoms with Gasteiger partial charge in [0.2, 0.25) is 5.91 Å². The van der Waals surface area contributed by atoms with Crippen LogP contribution in [0, 0.1) is 11.8 Å². The molecule has 4 nitrogen and oxygen atoms in total. The second-order valence-corrected chi connectivity index (χ2v) is 3.34. The third-order valence-electron chi connectivity index (χ3n) is 1.89. The minimum absolute atomic E-state index is 0.0580. The molecule has 0 aliphatic carbocycles. The molecule has 4 heteroatoms. The van der Waals surface area contributed by atoms with Crippen LogP contribution in [0.5, 0.6) is 0 Å². The van der Waals surface area contributed by atoms with Crippen LogP contribution in [0.4, 0.5) is 0 Å². The second kappa shape index (κ2) is 9.49. The zero-order valence-corrected chi connectivity index (χ0v) is 10.3. The molecule has 0 bridgehead atoms. The van der Waals surface area contributed by atoms with Crippen molar-refractivity contribution in [1.29, 1.82) is 0 Å². The van der Waals surface area contributed by atoms with Gasteiger partial charge < -0.3 is 10.4 Å². The van der Waals surface area contributed by atoms with Gasteiger partial charge in [0.25, 0.3) is 0 Å². The molecule has 0 radical (unpaired) electrons. The minimum Gasteiger partial charge on any atom is -0.481 e. The van der Waals surface area contributed by atoms with E-state index in [4.69, 9.17) is 5.11 Å². The van der Waals surface area contributed by atoms with E-state index in [-0.39, 0.29) is 18.2 Å². The predicted octanol–water partition coefficient (Wildman–Crippen LogP) is 1.90. The molecule has 0 heterocycles. The Kier molecular flexibility index (Phi) is 10.4. The molecule has 2 N–H and O–H groups in total. The molecule has 1 amide bonds. The number of nitrogens with one attached hydrogen (secondary N) is 1. The summed E-state index contributed by atoms with van der Waals surface area (Å²) < 4.78 is 0. The summed E-state index contributed by atoms with van der Waals surface area (Å²) in [6.07, 6.45) is -0.0938. The van der Waals surface area contributed by atoms with E-state index in [1.54, 1.807) is 0 Å². The third kappa shape index (κ3) is 7.97. The largest absolute Gasteiger partial charge is 0.481 e. The van der Waals surface area contributed by atoms with Crippen LogP contribution in [0.1, 0.15) is 41.0 Å². The Morgan fingerprint density at radius 1 is 1.27 bits per heavy atom. The van der Waals surface area contributed by atoms with Crippen molar-refractivity contribution in [3.8, 4) is 0 Å². The molecule has 1 unspecified atom stereocenters. The first-order valence-electron chi connectivity index (χ1n) is 5.48. The summed E-state index contributed by atoms with van der Waals surface area (Å²) in [6, 6.07) is 0. The lowest BCUT2D eigenvalue weighted by Crippen LogP contribution is -2.34. The SMILES string of the molecule is CC.CCNC(=O)C(CC(=O)O)C(C)C. The van der Waals surface area contributed by atoms with Crippen LogP contribution in [-0.4, -0.2) is 23.5 Å². The van der Waals surface area contributed by atoms with Gasteiger partial charge in [-0.15, -0.1) is 0 Å². The number of rotatable bonds is 5. The Morgan fingerprint density at radius 3 is 2.00 bits per heavy atom. The van der Waals surface area contributed by atoms with Gasteiger partial charge in [-0.25, -0.2) is 0 Å². The zero-order valence-electron chi connectivity index (χ0n) is 10.3. The number of carboxylic acid groups (broad SMARTS) is 1. The maximum Gasteiger partial charge on any atom is 0.304 e. The van der Waals surface area contributed by atoms with E-state index in [0.717, 1.165) is 0 Å². The van der Waals surface area contributed by atoms with Crippen LogP contribution < -0.4 is 5.32 Å². The first-order chi connectivity index (χ1) is 6.99. The lowest BCUT2D eigenvalue weighted by atomic mass is 9.92. The molecule has 0 aliphatic rings. The first kappa shape index (κ1) is 16.4. The summed E-state index contributed by atoms with van der Waals surface area (Å²) in [6.45, 7) is 10.1. The number of amides is 1. The first-order valence-corrected chi connectivity index (χ1v) is 5.48. The lowest BCUT2D eigenvalue weighted by Gasteiger charge is -2.17. The summed E-state index contributed by atoms with van der Waals surface area (Å²) in [5, 5.41) is 11.2. The highest BCUT2D eigenvalue weighted by Gasteiger charge is 2.24. The van der Waals surface area contributed by atoms with Crippen LogP contribution >= 0.6 is 0 Å². The van der Waals surface area contributed by atoms with Gasteiger partial charge in [-0.05, 0) is 12.8 Å². The average molecular weight is 217 g/mol. The van der Waals surface area contributed by atoms with Crippen molar-refractivity contribution in [2.45, 2.75) is 41.0 Å². The van der Waals surface area contributed by atoms with Gasteiger partial charge in [0.05, 0.1) is 12.3 Å². The highest BCUT2D eigenvalue weighted by Crippen LogP contribution is 2.15. The second-order valence-electron chi connectivity index (χ2n) is 3.34. The van der Waals surface area contributed by atoms with E-state index >= 15 is 0 Å².